The van der Waals surface area contributed by atoms with E-state index in [0.29, 0.717) is 6.07 Å². The number of methoxy groups -OCH3 is 1. The number of esters is 1. The molecular weight excluding hydrogens is 415 g/mol. The summed E-state index contributed by atoms with van der Waals surface area (Å²) in [5.41, 5.74) is -1.07. The molecule has 0 aliphatic heterocycles. The molecule has 2 aromatic carbocycles. The highest BCUT2D eigenvalue weighted by atomic mass is 35.5. The number of halogens is 4. The van der Waals surface area contributed by atoms with Gasteiger partial charge in [0.2, 0.25) is 0 Å². The van der Waals surface area contributed by atoms with Gasteiger partial charge in [-0.1, -0.05) is 11.6 Å². The second-order valence-electron chi connectivity index (χ2n) is 5.63. The molecule has 0 N–H and O–H groups in total. The third-order valence-electron chi connectivity index (χ3n) is 3.62. The number of alkyl halides is 3. The Morgan fingerprint density at radius 2 is 1.83 bits per heavy atom. The topological polar surface area (TPSA) is 85.6 Å². The monoisotopic (exact) mass is 427 g/mol. The summed E-state index contributed by atoms with van der Waals surface area (Å²) in [6, 6.07) is 7.71. The normalized spacial score (nSPS) is 11.9. The fourth-order valence-corrected chi connectivity index (χ4v) is 2.42. The minimum absolute atomic E-state index is 0.0493. The van der Waals surface area contributed by atoms with Crippen LogP contribution in [0.5, 0.6) is 17.2 Å². The molecule has 0 saturated carbocycles. The number of ketones is 1. The molecule has 2 aromatic rings. The number of hydrogen-bond donors (Lipinski definition) is 0. The highest BCUT2D eigenvalue weighted by Gasteiger charge is 2.31. The second-order valence-corrected chi connectivity index (χ2v) is 6.03. The zero-order valence-electron chi connectivity index (χ0n) is 15.0. The predicted octanol–water partition coefficient (Wildman–Crippen LogP) is 4.80. The zero-order chi connectivity index (χ0) is 21.8. The molecule has 0 bridgehead atoms. The molecule has 0 aromatic heterocycles. The molecule has 152 valence electrons. The van der Waals surface area contributed by atoms with Gasteiger partial charge in [0.25, 0.3) is 5.78 Å². The lowest BCUT2D eigenvalue weighted by atomic mass is 10.1. The maximum Gasteiger partial charge on any atom is 0.416 e. The number of Topliss-reactive ketones (excluding diaryl/α,β-unsaturated/α-hetero) is 1. The number of hydrogen-bond acceptors (Lipinski definition) is 6. The fraction of sp³-hybridized carbons (Fsp3) is 0.211. The van der Waals surface area contributed by atoms with E-state index in [1.165, 1.54) is 31.2 Å². The maximum atomic E-state index is 12.7. The minimum atomic E-state index is -4.56. The van der Waals surface area contributed by atoms with Crippen LogP contribution < -0.4 is 9.47 Å². The molecular formula is C19H13ClF3NO5. The molecule has 0 aliphatic rings. The summed E-state index contributed by atoms with van der Waals surface area (Å²) in [4.78, 5) is 23.3. The van der Waals surface area contributed by atoms with E-state index in [1.54, 1.807) is 0 Å². The number of benzene rings is 2. The summed E-state index contributed by atoms with van der Waals surface area (Å²) in [5, 5.41) is 8.56. The van der Waals surface area contributed by atoms with Crippen molar-refractivity contribution in [2.75, 3.05) is 7.11 Å². The van der Waals surface area contributed by atoms with Crippen LogP contribution in [0, 0.1) is 11.3 Å². The van der Waals surface area contributed by atoms with E-state index in [4.69, 9.17) is 26.3 Å². The molecule has 0 spiro atoms. The predicted molar refractivity (Wildman–Crippen MR) is 95.0 cm³/mol. The Bertz CT molecular complexity index is 985. The van der Waals surface area contributed by atoms with E-state index in [2.05, 4.69) is 4.74 Å². The number of rotatable bonds is 6. The first-order chi connectivity index (χ1) is 13.6. The molecule has 2 rings (SSSR count). The van der Waals surface area contributed by atoms with E-state index in [1.807, 2.05) is 0 Å². The zero-order valence-corrected chi connectivity index (χ0v) is 15.8. The summed E-state index contributed by atoms with van der Waals surface area (Å²) in [7, 11) is 1.15. The van der Waals surface area contributed by atoms with E-state index >= 15 is 0 Å². The number of ether oxygens (including phenoxy) is 3. The van der Waals surface area contributed by atoms with Crippen molar-refractivity contribution in [2.24, 2.45) is 0 Å². The van der Waals surface area contributed by atoms with E-state index in [9.17, 15) is 22.8 Å². The molecule has 6 nitrogen and oxygen atoms in total. The highest BCUT2D eigenvalue weighted by Crippen LogP contribution is 2.37. The first-order valence-electron chi connectivity index (χ1n) is 7.94. The standard InChI is InChI=1S/C19H13ClF3NO5/c1-10(18(26)27-2)28-17-8-12(4-5-13(17)15(25)9-24)29-16-6-3-11(7-14(16)20)19(21,22)23/h3-8,10H,1-2H3. The first kappa shape index (κ1) is 22.0. The van der Waals surface area contributed by atoms with Crippen LogP contribution in [0.2, 0.25) is 5.02 Å². The van der Waals surface area contributed by atoms with Crippen LogP contribution in [0.4, 0.5) is 13.2 Å². The molecule has 29 heavy (non-hydrogen) atoms. The van der Waals surface area contributed by atoms with Gasteiger partial charge in [-0.15, -0.1) is 0 Å². The quantitative estimate of drug-likeness (QED) is 0.374. The second kappa shape index (κ2) is 8.84. The summed E-state index contributed by atoms with van der Waals surface area (Å²) < 4.78 is 53.6. The van der Waals surface area contributed by atoms with Crippen molar-refractivity contribution in [1.82, 2.24) is 0 Å². The average Bonchev–Trinajstić information content (AvgIpc) is 2.67. The van der Waals surface area contributed by atoms with Gasteiger partial charge in [-0.05, 0) is 37.3 Å². The van der Waals surface area contributed by atoms with Gasteiger partial charge in [0.05, 0.1) is 23.3 Å². The molecule has 0 amide bonds. The van der Waals surface area contributed by atoms with E-state index in [-0.39, 0.29) is 27.8 Å². The van der Waals surface area contributed by atoms with Gasteiger partial charge in [0.15, 0.2) is 6.10 Å². The van der Waals surface area contributed by atoms with Gasteiger partial charge >= 0.3 is 12.1 Å². The van der Waals surface area contributed by atoms with E-state index in [0.717, 1.165) is 19.2 Å². The van der Waals surface area contributed by atoms with Crippen LogP contribution >= 0.6 is 11.6 Å². The molecule has 0 aliphatic carbocycles. The van der Waals surface area contributed by atoms with Crippen molar-refractivity contribution in [1.29, 1.82) is 5.26 Å². The Labute approximate surface area is 168 Å². The molecule has 1 atom stereocenters. The number of carbonyl (C=O) groups is 2. The Kier molecular flexibility index (Phi) is 6.72. The minimum Gasteiger partial charge on any atom is -0.478 e. The van der Waals surface area contributed by atoms with Crippen molar-refractivity contribution in [3.05, 3.63) is 52.5 Å². The Balaban J connectivity index is 2.37. The SMILES string of the molecule is COC(=O)C(C)Oc1cc(Oc2ccc(C(F)(F)F)cc2Cl)ccc1C(=O)C#N. The van der Waals surface area contributed by atoms with Crippen molar-refractivity contribution in [3.63, 3.8) is 0 Å². The van der Waals surface area contributed by atoms with Gasteiger partial charge in [0, 0.05) is 6.07 Å². The number of carbonyl (C=O) groups excluding carboxylic acids is 2. The summed E-state index contributed by atoms with van der Waals surface area (Å²) in [5.74, 6) is -1.82. The van der Waals surface area contributed by atoms with Gasteiger partial charge in [0.1, 0.15) is 23.3 Å². The van der Waals surface area contributed by atoms with Crippen LogP contribution in [0.3, 0.4) is 0 Å². The Morgan fingerprint density at radius 3 is 2.38 bits per heavy atom. The third-order valence-corrected chi connectivity index (χ3v) is 3.92. The van der Waals surface area contributed by atoms with Crippen LogP contribution in [0.15, 0.2) is 36.4 Å². The van der Waals surface area contributed by atoms with Gasteiger partial charge in [-0.25, -0.2) is 4.79 Å². The smallest absolute Gasteiger partial charge is 0.416 e. The summed E-state index contributed by atoms with van der Waals surface area (Å²) in [6.45, 7) is 1.37. The highest BCUT2D eigenvalue weighted by molar-refractivity contribution is 6.32. The number of nitriles is 1. The molecule has 0 fully saturated rings. The van der Waals surface area contributed by atoms with Crippen molar-refractivity contribution >= 4 is 23.4 Å². The van der Waals surface area contributed by atoms with Gasteiger partial charge in [-0.3, -0.25) is 4.79 Å². The average molecular weight is 428 g/mol. The molecule has 10 heteroatoms. The van der Waals surface area contributed by atoms with Crippen molar-refractivity contribution < 1.29 is 37.0 Å². The van der Waals surface area contributed by atoms with Crippen molar-refractivity contribution in [2.45, 2.75) is 19.2 Å². The Hall–Kier alpha value is -3.25. The van der Waals surface area contributed by atoms with Crippen molar-refractivity contribution in [3.8, 4) is 23.3 Å². The lowest BCUT2D eigenvalue weighted by Gasteiger charge is -2.16. The molecule has 1 unspecified atom stereocenters. The molecule has 0 radical (unpaired) electrons. The van der Waals surface area contributed by atoms with Crippen LogP contribution in [-0.4, -0.2) is 25.0 Å². The van der Waals surface area contributed by atoms with Gasteiger partial charge < -0.3 is 14.2 Å². The first-order valence-corrected chi connectivity index (χ1v) is 8.32. The summed E-state index contributed by atoms with van der Waals surface area (Å²) in [6.07, 6.45) is -5.66. The largest absolute Gasteiger partial charge is 0.478 e. The number of nitrogens with zero attached hydrogens (tertiary/aromatic N) is 1. The van der Waals surface area contributed by atoms with Crippen LogP contribution in [0.25, 0.3) is 0 Å². The lowest BCUT2D eigenvalue weighted by molar-refractivity contribution is -0.148. The Morgan fingerprint density at radius 1 is 1.14 bits per heavy atom. The maximum absolute atomic E-state index is 12.7. The van der Waals surface area contributed by atoms with Crippen LogP contribution in [0.1, 0.15) is 22.8 Å². The van der Waals surface area contributed by atoms with E-state index < -0.39 is 29.6 Å². The molecule has 0 saturated heterocycles. The summed E-state index contributed by atoms with van der Waals surface area (Å²) >= 11 is 5.86. The molecule has 0 heterocycles. The van der Waals surface area contributed by atoms with Crippen LogP contribution in [-0.2, 0) is 15.7 Å². The third kappa shape index (κ3) is 5.39. The fourth-order valence-electron chi connectivity index (χ4n) is 2.20. The lowest BCUT2D eigenvalue weighted by Crippen LogP contribution is -2.25. The van der Waals surface area contributed by atoms with Gasteiger partial charge in [-0.2, -0.15) is 18.4 Å².